The maximum atomic E-state index is 13.3. The quantitative estimate of drug-likeness (QED) is 0.315. The van der Waals surface area contributed by atoms with Crippen molar-refractivity contribution in [3.63, 3.8) is 0 Å². The highest BCUT2D eigenvalue weighted by molar-refractivity contribution is 5.88. The third-order valence-electron chi connectivity index (χ3n) is 6.89. The minimum Gasteiger partial charge on any atom is -0.357 e. The Labute approximate surface area is 205 Å². The van der Waals surface area contributed by atoms with Crippen LogP contribution in [0.15, 0.2) is 109 Å². The summed E-state index contributed by atoms with van der Waals surface area (Å²) in [5.41, 5.74) is 8.08. The molecule has 2 atom stereocenters. The Morgan fingerprint density at radius 1 is 0.771 bits per heavy atom. The predicted octanol–water partition coefficient (Wildman–Crippen LogP) is 5.76. The molecule has 0 spiro atoms. The Balaban J connectivity index is 1.32. The molecule has 0 aliphatic carbocycles. The summed E-state index contributed by atoms with van der Waals surface area (Å²) in [4.78, 5) is 16.9. The van der Waals surface area contributed by atoms with Gasteiger partial charge in [0.15, 0.2) is 0 Å². The first-order valence-electron chi connectivity index (χ1n) is 12.1. The first-order chi connectivity index (χ1) is 17.3. The van der Waals surface area contributed by atoms with E-state index in [2.05, 4.69) is 82.3 Å². The van der Waals surface area contributed by atoms with Gasteiger partial charge in [-0.25, -0.2) is 0 Å². The van der Waals surface area contributed by atoms with E-state index in [1.165, 1.54) is 22.1 Å². The summed E-state index contributed by atoms with van der Waals surface area (Å²) in [5, 5.41) is 7.96. The van der Waals surface area contributed by atoms with Crippen LogP contribution in [0.5, 0.6) is 0 Å². The van der Waals surface area contributed by atoms with Crippen molar-refractivity contribution in [2.24, 2.45) is 0 Å². The highest BCUT2D eigenvalue weighted by Gasteiger charge is 2.33. The van der Waals surface area contributed by atoms with Crippen LogP contribution in [0.4, 0.5) is 0 Å². The zero-order valence-corrected chi connectivity index (χ0v) is 19.4. The lowest BCUT2D eigenvalue weighted by Gasteiger charge is -2.31. The van der Waals surface area contributed by atoms with E-state index in [4.69, 9.17) is 0 Å². The Hall–Kier alpha value is -4.15. The number of benzene rings is 4. The van der Waals surface area contributed by atoms with Gasteiger partial charge in [0, 0.05) is 23.1 Å². The molecule has 0 bridgehead atoms. The van der Waals surface area contributed by atoms with Crippen molar-refractivity contribution >= 4 is 16.8 Å². The number of hydrogen-bond donors (Lipinski definition) is 3. The van der Waals surface area contributed by atoms with E-state index in [0.717, 1.165) is 22.3 Å². The van der Waals surface area contributed by atoms with Crippen LogP contribution in [-0.4, -0.2) is 16.9 Å². The van der Waals surface area contributed by atoms with E-state index in [-0.39, 0.29) is 18.0 Å². The number of amides is 1. The molecule has 6 rings (SSSR count). The molecule has 3 N–H and O–H groups in total. The highest BCUT2D eigenvalue weighted by Crippen LogP contribution is 2.36. The fourth-order valence-electron chi connectivity index (χ4n) is 5.07. The van der Waals surface area contributed by atoms with Crippen molar-refractivity contribution in [3.8, 4) is 11.1 Å². The Morgan fingerprint density at radius 2 is 1.43 bits per heavy atom. The number of nitrogens with one attached hydrogen (secondary N) is 3. The van der Waals surface area contributed by atoms with Gasteiger partial charge in [0.2, 0.25) is 5.91 Å². The molecule has 0 saturated heterocycles. The first kappa shape index (κ1) is 21.4. The fraction of sp³-hybridized carbons (Fsp3) is 0.129. The minimum absolute atomic E-state index is 0.0238. The zero-order chi connectivity index (χ0) is 23.6. The first-order valence-corrected chi connectivity index (χ1v) is 12.1. The van der Waals surface area contributed by atoms with Crippen LogP contribution in [0.2, 0.25) is 0 Å². The van der Waals surface area contributed by atoms with Crippen LogP contribution >= 0.6 is 0 Å². The molecule has 1 aliphatic rings. The number of hydrogen-bond acceptors (Lipinski definition) is 2. The summed E-state index contributed by atoms with van der Waals surface area (Å²) in [5.74, 6) is 0.0238. The topological polar surface area (TPSA) is 56.9 Å². The van der Waals surface area contributed by atoms with Gasteiger partial charge in [0.1, 0.15) is 0 Å². The Kier molecular flexibility index (Phi) is 5.65. The van der Waals surface area contributed by atoms with Gasteiger partial charge >= 0.3 is 0 Å². The molecule has 172 valence electrons. The minimum atomic E-state index is -0.316. The highest BCUT2D eigenvalue weighted by atomic mass is 16.2. The molecule has 35 heavy (non-hydrogen) atoms. The third-order valence-corrected chi connectivity index (χ3v) is 6.89. The number of carbonyl (C=O) groups excluding carboxylic acids is 1. The van der Waals surface area contributed by atoms with Crippen LogP contribution in [0.3, 0.4) is 0 Å². The van der Waals surface area contributed by atoms with Gasteiger partial charge in [-0.3, -0.25) is 10.1 Å². The lowest BCUT2D eigenvalue weighted by atomic mass is 9.89. The lowest BCUT2D eigenvalue weighted by molar-refractivity contribution is -0.123. The van der Waals surface area contributed by atoms with Crippen molar-refractivity contribution in [2.45, 2.75) is 25.0 Å². The van der Waals surface area contributed by atoms with Crippen LogP contribution in [0.25, 0.3) is 22.0 Å². The van der Waals surface area contributed by atoms with Crippen molar-refractivity contribution in [2.75, 3.05) is 0 Å². The molecule has 4 heteroatoms. The number of H-pyrrole nitrogens is 1. The van der Waals surface area contributed by atoms with Crippen molar-refractivity contribution < 1.29 is 4.79 Å². The molecule has 2 heterocycles. The molecule has 1 aliphatic heterocycles. The average Bonchev–Trinajstić information content (AvgIpc) is 3.31. The number of para-hydroxylation sites is 1. The number of aromatic amines is 1. The van der Waals surface area contributed by atoms with Gasteiger partial charge in [-0.15, -0.1) is 0 Å². The number of carbonyl (C=O) groups is 1. The zero-order valence-electron chi connectivity index (χ0n) is 19.4. The Bertz CT molecular complexity index is 1460. The molecule has 2 unspecified atom stereocenters. The molecule has 1 aromatic heterocycles. The van der Waals surface area contributed by atoms with Crippen molar-refractivity contribution in [1.82, 2.24) is 15.6 Å². The summed E-state index contributed by atoms with van der Waals surface area (Å²) in [6, 6.07) is 37.0. The second kappa shape index (κ2) is 9.24. The van der Waals surface area contributed by atoms with E-state index in [1.54, 1.807) is 0 Å². The maximum absolute atomic E-state index is 13.3. The van der Waals surface area contributed by atoms with Crippen LogP contribution < -0.4 is 10.6 Å². The van der Waals surface area contributed by atoms with Crippen molar-refractivity contribution in [1.29, 1.82) is 0 Å². The van der Waals surface area contributed by atoms with Gasteiger partial charge in [0.05, 0.1) is 12.1 Å². The summed E-state index contributed by atoms with van der Waals surface area (Å²) in [6.07, 6.45) is 0.651. The molecule has 1 amide bonds. The molecule has 0 fully saturated rings. The van der Waals surface area contributed by atoms with Crippen molar-refractivity contribution in [3.05, 3.63) is 132 Å². The van der Waals surface area contributed by atoms with Gasteiger partial charge in [0.25, 0.3) is 0 Å². The summed E-state index contributed by atoms with van der Waals surface area (Å²) < 4.78 is 0. The van der Waals surface area contributed by atoms with E-state index >= 15 is 0 Å². The molecule has 0 saturated carbocycles. The number of aromatic nitrogens is 1. The molecular formula is C31H27N3O. The van der Waals surface area contributed by atoms with E-state index in [1.807, 2.05) is 42.5 Å². The molecular weight excluding hydrogens is 430 g/mol. The summed E-state index contributed by atoms with van der Waals surface area (Å²) >= 11 is 0. The molecule has 0 radical (unpaired) electrons. The SMILES string of the molecule is O=C(NCc1ccccc1)C1Cc2c([nH]c3ccccc23)C(c2ccc(-c3ccccc3)cc2)N1. The molecule has 5 aromatic rings. The maximum Gasteiger partial charge on any atom is 0.237 e. The smallest absolute Gasteiger partial charge is 0.237 e. The van der Waals surface area contributed by atoms with Gasteiger partial charge in [-0.2, -0.15) is 0 Å². The molecule has 4 nitrogen and oxygen atoms in total. The number of fused-ring (bicyclic) bond motifs is 3. The predicted molar refractivity (Wildman–Crippen MR) is 141 cm³/mol. The largest absolute Gasteiger partial charge is 0.357 e. The number of rotatable bonds is 5. The van der Waals surface area contributed by atoms with Gasteiger partial charge in [-0.05, 0) is 40.3 Å². The monoisotopic (exact) mass is 457 g/mol. The van der Waals surface area contributed by atoms with Gasteiger partial charge < -0.3 is 10.3 Å². The second-order valence-corrected chi connectivity index (χ2v) is 9.11. The van der Waals surface area contributed by atoms with Crippen LogP contribution in [0.1, 0.15) is 28.4 Å². The normalized spacial score (nSPS) is 17.1. The average molecular weight is 458 g/mol. The fourth-order valence-corrected chi connectivity index (χ4v) is 5.07. The van der Waals surface area contributed by atoms with Crippen LogP contribution in [0, 0.1) is 0 Å². The lowest BCUT2D eigenvalue weighted by Crippen LogP contribution is -2.49. The van der Waals surface area contributed by atoms with E-state index < -0.39 is 0 Å². The van der Waals surface area contributed by atoms with E-state index in [0.29, 0.717) is 13.0 Å². The standard InChI is InChI=1S/C31H27N3O/c35-31(32-20-21-9-3-1-4-10-21)28-19-26-25-13-7-8-14-27(25)33-30(26)29(34-28)24-17-15-23(16-18-24)22-11-5-2-6-12-22/h1-18,28-29,33-34H,19-20H2,(H,32,35). The Morgan fingerprint density at radius 3 is 2.20 bits per heavy atom. The van der Waals surface area contributed by atoms with Gasteiger partial charge in [-0.1, -0.05) is 103 Å². The van der Waals surface area contributed by atoms with Crippen LogP contribution in [-0.2, 0) is 17.8 Å². The van der Waals surface area contributed by atoms with E-state index in [9.17, 15) is 4.79 Å². The third kappa shape index (κ3) is 4.25. The molecule has 4 aromatic carbocycles. The summed E-state index contributed by atoms with van der Waals surface area (Å²) in [6.45, 7) is 0.523. The summed E-state index contributed by atoms with van der Waals surface area (Å²) in [7, 11) is 0. The second-order valence-electron chi connectivity index (χ2n) is 9.11.